The SMILES string of the molecule is CC1(C)CN2C=C(Br)C=C(F)C2=N1.[O-][S+](Cl)Cl. The van der Waals surface area contributed by atoms with E-state index < -0.39 is 9.60 Å². The fourth-order valence-electron chi connectivity index (χ4n) is 1.55. The van der Waals surface area contributed by atoms with Crippen molar-refractivity contribution < 1.29 is 8.94 Å². The summed E-state index contributed by atoms with van der Waals surface area (Å²) in [4.78, 5) is 6.12. The molecule has 0 aromatic carbocycles. The zero-order valence-electron chi connectivity index (χ0n) is 9.08. The number of rotatable bonds is 0. The Balaban J connectivity index is 0.000000317. The smallest absolute Gasteiger partial charge is 0.198 e. The molecule has 2 rings (SSSR count). The standard InChI is InChI=1S/C9H10BrFN2.Cl2OS/c1-9(2)5-13-4-6(10)3-7(11)8(13)12-9;1-4(2)3/h3-4H,5H2,1-2H3;. The highest BCUT2D eigenvalue weighted by Gasteiger charge is 2.33. The fraction of sp³-hybridized carbons (Fsp3) is 0.444. The van der Waals surface area contributed by atoms with Crippen LogP contribution in [-0.4, -0.2) is 27.4 Å². The molecule has 0 N–H and O–H groups in total. The van der Waals surface area contributed by atoms with Crippen LogP contribution < -0.4 is 0 Å². The normalized spacial score (nSPS) is 21.2. The Labute approximate surface area is 120 Å². The second kappa shape index (κ2) is 5.93. The number of hydrogen-bond donors (Lipinski definition) is 0. The van der Waals surface area contributed by atoms with Crippen LogP contribution in [0.4, 0.5) is 4.39 Å². The van der Waals surface area contributed by atoms with Crippen molar-refractivity contribution in [2.75, 3.05) is 6.54 Å². The van der Waals surface area contributed by atoms with E-state index in [2.05, 4.69) is 42.3 Å². The van der Waals surface area contributed by atoms with E-state index in [1.165, 1.54) is 6.08 Å². The second-order valence-corrected chi connectivity index (χ2v) is 7.51. The maximum Gasteiger partial charge on any atom is 0.198 e. The van der Waals surface area contributed by atoms with Crippen LogP contribution in [0.3, 0.4) is 0 Å². The average Bonchev–Trinajstić information content (AvgIpc) is 2.38. The summed E-state index contributed by atoms with van der Waals surface area (Å²) >= 11 is 3.25. The first-order valence-electron chi connectivity index (χ1n) is 4.57. The number of fused-ring (bicyclic) bond motifs is 1. The molecule has 0 spiro atoms. The molecule has 17 heavy (non-hydrogen) atoms. The third kappa shape index (κ3) is 4.79. The number of halogens is 4. The van der Waals surface area contributed by atoms with Gasteiger partial charge in [-0.25, -0.2) is 4.39 Å². The van der Waals surface area contributed by atoms with Crippen molar-refractivity contribution in [1.29, 1.82) is 0 Å². The van der Waals surface area contributed by atoms with Crippen LogP contribution in [0, 0.1) is 0 Å². The molecule has 0 aliphatic carbocycles. The Morgan fingerprint density at radius 2 is 2.12 bits per heavy atom. The van der Waals surface area contributed by atoms with E-state index in [1.807, 2.05) is 24.9 Å². The van der Waals surface area contributed by atoms with E-state index in [1.54, 1.807) is 0 Å². The lowest BCUT2D eigenvalue weighted by molar-refractivity contribution is 0.447. The first-order chi connectivity index (χ1) is 7.71. The highest BCUT2D eigenvalue weighted by atomic mass is 79.9. The van der Waals surface area contributed by atoms with Gasteiger partial charge in [-0.05, 0) is 35.9 Å². The van der Waals surface area contributed by atoms with Crippen LogP contribution >= 0.6 is 37.3 Å². The van der Waals surface area contributed by atoms with Gasteiger partial charge in [0.2, 0.25) is 0 Å². The van der Waals surface area contributed by atoms with Gasteiger partial charge in [-0.2, -0.15) is 0 Å². The summed E-state index contributed by atoms with van der Waals surface area (Å²) < 4.78 is 23.2. The highest BCUT2D eigenvalue weighted by molar-refractivity contribution is 9.11. The largest absolute Gasteiger partial charge is 0.582 e. The van der Waals surface area contributed by atoms with Gasteiger partial charge in [0.15, 0.2) is 42.6 Å². The van der Waals surface area contributed by atoms with E-state index in [-0.39, 0.29) is 11.4 Å². The monoisotopic (exact) mass is 362 g/mol. The van der Waals surface area contributed by atoms with Gasteiger partial charge in [0.25, 0.3) is 0 Å². The van der Waals surface area contributed by atoms with Crippen molar-refractivity contribution in [1.82, 2.24) is 4.90 Å². The minimum Gasteiger partial charge on any atom is -0.582 e. The summed E-state index contributed by atoms with van der Waals surface area (Å²) in [6.45, 7) is 4.72. The van der Waals surface area contributed by atoms with Crippen LogP contribution in [0.15, 0.2) is 27.6 Å². The lowest BCUT2D eigenvalue weighted by Gasteiger charge is -2.20. The summed E-state index contributed by atoms with van der Waals surface area (Å²) in [5.74, 6) is 0.188. The molecule has 0 radical (unpaired) electrons. The van der Waals surface area contributed by atoms with Crippen LogP contribution in [0.5, 0.6) is 0 Å². The molecular formula is C9H10BrCl2FN2OS. The first kappa shape index (κ1) is 15.3. The molecular weight excluding hydrogens is 354 g/mol. The average molecular weight is 364 g/mol. The second-order valence-electron chi connectivity index (χ2n) is 4.07. The van der Waals surface area contributed by atoms with Crippen LogP contribution in [0.2, 0.25) is 0 Å². The quantitative estimate of drug-likeness (QED) is 0.616. The molecule has 0 aromatic rings. The number of allylic oxidation sites excluding steroid dienone is 2. The number of amidine groups is 1. The minimum absolute atomic E-state index is 0.186. The van der Waals surface area contributed by atoms with E-state index >= 15 is 0 Å². The van der Waals surface area contributed by atoms with Crippen molar-refractivity contribution in [3.8, 4) is 0 Å². The predicted molar refractivity (Wildman–Crippen MR) is 74.3 cm³/mol. The van der Waals surface area contributed by atoms with Gasteiger partial charge in [0, 0.05) is 17.2 Å². The van der Waals surface area contributed by atoms with Crippen molar-refractivity contribution in [3.05, 3.63) is 22.6 Å². The van der Waals surface area contributed by atoms with E-state index in [4.69, 9.17) is 4.55 Å². The zero-order valence-corrected chi connectivity index (χ0v) is 13.0. The summed E-state index contributed by atoms with van der Waals surface area (Å²) in [5.41, 5.74) is -0.186. The predicted octanol–water partition coefficient (Wildman–Crippen LogP) is 3.63. The fourth-order valence-corrected chi connectivity index (χ4v) is 2.00. The Morgan fingerprint density at radius 3 is 2.65 bits per heavy atom. The molecule has 2 aliphatic rings. The number of aliphatic imine (C=N–C) groups is 1. The molecule has 0 unspecified atom stereocenters. The summed E-state index contributed by atoms with van der Waals surface area (Å²) in [5, 5.41) is 0. The number of nitrogens with zero attached hydrogens (tertiary/aromatic N) is 2. The molecule has 3 nitrogen and oxygen atoms in total. The zero-order chi connectivity index (χ0) is 13.2. The van der Waals surface area contributed by atoms with Crippen molar-refractivity contribution in [3.63, 3.8) is 0 Å². The Hall–Kier alpha value is 0.250. The van der Waals surface area contributed by atoms with Crippen molar-refractivity contribution in [2.45, 2.75) is 19.4 Å². The molecule has 0 saturated carbocycles. The van der Waals surface area contributed by atoms with Gasteiger partial charge in [-0.3, -0.25) is 4.99 Å². The van der Waals surface area contributed by atoms with Gasteiger partial charge in [-0.1, -0.05) is 0 Å². The first-order valence-corrected chi connectivity index (χ1v) is 8.16. The molecule has 2 heterocycles. The lowest BCUT2D eigenvalue weighted by atomic mass is 10.1. The third-order valence-corrected chi connectivity index (χ3v) is 2.43. The van der Waals surface area contributed by atoms with Gasteiger partial charge in [0.05, 0.1) is 5.54 Å². The van der Waals surface area contributed by atoms with Crippen LogP contribution in [-0.2, 0) is 9.60 Å². The maximum atomic E-state index is 13.4. The van der Waals surface area contributed by atoms with Crippen molar-refractivity contribution in [2.24, 2.45) is 4.99 Å². The molecule has 0 fully saturated rings. The van der Waals surface area contributed by atoms with Crippen LogP contribution in [0.25, 0.3) is 0 Å². The highest BCUT2D eigenvalue weighted by Crippen LogP contribution is 2.29. The molecule has 8 heteroatoms. The molecule has 0 aromatic heterocycles. The molecule has 0 amide bonds. The van der Waals surface area contributed by atoms with Gasteiger partial charge < -0.3 is 9.45 Å². The summed E-state index contributed by atoms with van der Waals surface area (Å²) in [6, 6.07) is 0. The Morgan fingerprint density at radius 1 is 1.59 bits per heavy atom. The van der Waals surface area contributed by atoms with Crippen molar-refractivity contribution >= 4 is 52.7 Å². The molecule has 0 bridgehead atoms. The van der Waals surface area contributed by atoms with Gasteiger partial charge >= 0.3 is 0 Å². The summed E-state index contributed by atoms with van der Waals surface area (Å²) in [7, 11) is 7.36. The van der Waals surface area contributed by atoms with Gasteiger partial charge in [-0.15, -0.1) is 0 Å². The Bertz CT molecular complexity index is 396. The Kier molecular flexibility index (Phi) is 5.34. The van der Waals surface area contributed by atoms with Crippen LogP contribution in [0.1, 0.15) is 13.8 Å². The van der Waals surface area contributed by atoms with E-state index in [9.17, 15) is 4.39 Å². The molecule has 0 atom stereocenters. The van der Waals surface area contributed by atoms with Gasteiger partial charge in [0.1, 0.15) is 0 Å². The van der Waals surface area contributed by atoms with E-state index in [0.29, 0.717) is 5.84 Å². The summed E-state index contributed by atoms with van der Waals surface area (Å²) in [6.07, 6.45) is 3.30. The molecule has 2 aliphatic heterocycles. The maximum absolute atomic E-state index is 13.4. The minimum atomic E-state index is -1.67. The third-order valence-electron chi connectivity index (χ3n) is 2.00. The molecule has 96 valence electrons. The molecule has 0 saturated heterocycles. The number of hydrogen-bond acceptors (Lipinski definition) is 3. The van der Waals surface area contributed by atoms with E-state index in [0.717, 1.165) is 11.0 Å². The topological polar surface area (TPSA) is 38.7 Å². The lowest BCUT2D eigenvalue weighted by Crippen LogP contribution is -2.29.